The van der Waals surface area contributed by atoms with Crippen LogP contribution in [0.25, 0.3) is 0 Å². The van der Waals surface area contributed by atoms with Crippen molar-refractivity contribution in [3.63, 3.8) is 0 Å². The van der Waals surface area contributed by atoms with Gasteiger partial charge in [0.25, 0.3) is 0 Å². The largest absolute Gasteiger partial charge is 0.271 e. The van der Waals surface area contributed by atoms with E-state index in [0.29, 0.717) is 10.0 Å². The Labute approximate surface area is 107 Å². The minimum absolute atomic E-state index is 0.301. The summed E-state index contributed by atoms with van der Waals surface area (Å²) >= 11 is 13.2. The van der Waals surface area contributed by atoms with E-state index < -0.39 is 0 Å². The Balaban J connectivity index is 2.45. The van der Waals surface area contributed by atoms with E-state index >= 15 is 0 Å². The van der Waals surface area contributed by atoms with Crippen molar-refractivity contribution >= 4 is 34.9 Å². The lowest BCUT2D eigenvalue weighted by Gasteiger charge is -2.15. The van der Waals surface area contributed by atoms with Crippen molar-refractivity contribution in [3.05, 3.63) is 45.7 Å². The van der Waals surface area contributed by atoms with E-state index in [0.717, 1.165) is 23.0 Å². The zero-order valence-corrected chi connectivity index (χ0v) is 10.4. The van der Waals surface area contributed by atoms with Crippen LogP contribution in [0.5, 0.6) is 0 Å². The highest BCUT2D eigenvalue weighted by atomic mass is 35.5. The van der Waals surface area contributed by atoms with Crippen LogP contribution in [0.1, 0.15) is 17.3 Å². The van der Waals surface area contributed by atoms with Crippen molar-refractivity contribution in [1.29, 1.82) is 0 Å². The van der Waals surface area contributed by atoms with Gasteiger partial charge in [-0.1, -0.05) is 35.3 Å². The molecule has 0 radical (unpaired) electrons. The molecule has 0 amide bonds. The molecule has 84 valence electrons. The van der Waals surface area contributed by atoms with E-state index in [-0.39, 0.29) is 6.04 Å². The van der Waals surface area contributed by atoms with Crippen LogP contribution in [0.2, 0.25) is 10.0 Å². The third-order valence-electron chi connectivity index (χ3n) is 2.13. The summed E-state index contributed by atoms with van der Waals surface area (Å²) in [6.07, 6.45) is 1.65. The van der Waals surface area contributed by atoms with Gasteiger partial charge in [-0.25, -0.2) is 5.43 Å². The van der Waals surface area contributed by atoms with Crippen LogP contribution in [-0.4, -0.2) is 8.75 Å². The van der Waals surface area contributed by atoms with Crippen LogP contribution in [0.15, 0.2) is 24.4 Å². The van der Waals surface area contributed by atoms with Gasteiger partial charge >= 0.3 is 0 Å². The van der Waals surface area contributed by atoms with Gasteiger partial charge in [0.2, 0.25) is 0 Å². The van der Waals surface area contributed by atoms with Crippen LogP contribution in [0.3, 0.4) is 0 Å². The Morgan fingerprint density at radius 2 is 2.19 bits per heavy atom. The molecule has 1 unspecified atom stereocenters. The molecular formula is C9H8Cl2N4S. The van der Waals surface area contributed by atoms with Crippen LogP contribution < -0.4 is 11.3 Å². The molecule has 0 aliphatic carbocycles. The summed E-state index contributed by atoms with van der Waals surface area (Å²) in [6.45, 7) is 0. The number of hydrazine groups is 1. The highest BCUT2D eigenvalue weighted by Crippen LogP contribution is 2.32. The molecule has 0 fully saturated rings. The van der Waals surface area contributed by atoms with E-state index in [1.54, 1.807) is 12.3 Å². The van der Waals surface area contributed by atoms with Gasteiger partial charge < -0.3 is 0 Å². The lowest BCUT2D eigenvalue weighted by atomic mass is 10.1. The monoisotopic (exact) mass is 274 g/mol. The van der Waals surface area contributed by atoms with E-state index in [9.17, 15) is 0 Å². The summed E-state index contributed by atoms with van der Waals surface area (Å²) in [7, 11) is 0. The van der Waals surface area contributed by atoms with Gasteiger partial charge in [0.1, 0.15) is 0 Å². The second kappa shape index (κ2) is 5.07. The predicted molar refractivity (Wildman–Crippen MR) is 65.5 cm³/mol. The Bertz CT molecular complexity index is 474. The van der Waals surface area contributed by atoms with Crippen LogP contribution in [0, 0.1) is 0 Å². The fourth-order valence-electron chi connectivity index (χ4n) is 1.38. The number of benzene rings is 1. The van der Waals surface area contributed by atoms with Gasteiger partial charge in [-0.15, -0.1) is 0 Å². The first-order chi connectivity index (χ1) is 7.74. The fraction of sp³-hybridized carbons (Fsp3) is 0.111. The zero-order chi connectivity index (χ0) is 11.5. The molecule has 2 aromatic rings. The van der Waals surface area contributed by atoms with Crippen molar-refractivity contribution in [2.75, 3.05) is 0 Å². The first-order valence-electron chi connectivity index (χ1n) is 4.41. The third kappa shape index (κ3) is 2.18. The molecule has 7 heteroatoms. The molecule has 3 N–H and O–H groups in total. The predicted octanol–water partition coefficient (Wildman–Crippen LogP) is 2.40. The highest BCUT2D eigenvalue weighted by molar-refractivity contribution is 6.99. The van der Waals surface area contributed by atoms with Crippen LogP contribution in [-0.2, 0) is 0 Å². The number of aromatic nitrogens is 2. The van der Waals surface area contributed by atoms with Gasteiger partial charge in [0.05, 0.1) is 39.7 Å². The van der Waals surface area contributed by atoms with Crippen molar-refractivity contribution in [2.24, 2.45) is 5.84 Å². The molecule has 1 aromatic heterocycles. The number of nitrogens with one attached hydrogen (secondary N) is 1. The lowest BCUT2D eigenvalue weighted by molar-refractivity contribution is 0.625. The maximum atomic E-state index is 6.11. The van der Waals surface area contributed by atoms with E-state index in [2.05, 4.69) is 14.2 Å². The van der Waals surface area contributed by atoms with Crippen molar-refractivity contribution in [3.8, 4) is 0 Å². The van der Waals surface area contributed by atoms with Gasteiger partial charge in [0.15, 0.2) is 0 Å². The average molecular weight is 275 g/mol. The van der Waals surface area contributed by atoms with E-state index in [4.69, 9.17) is 29.0 Å². The molecule has 2 rings (SSSR count). The smallest absolute Gasteiger partial charge is 0.0971 e. The van der Waals surface area contributed by atoms with Crippen molar-refractivity contribution < 1.29 is 0 Å². The molecule has 16 heavy (non-hydrogen) atoms. The number of rotatable bonds is 3. The Kier molecular flexibility index (Phi) is 3.73. The topological polar surface area (TPSA) is 63.8 Å². The third-order valence-corrected chi connectivity index (χ3v) is 3.46. The molecule has 1 atom stereocenters. The van der Waals surface area contributed by atoms with Gasteiger partial charge in [-0.05, 0) is 11.6 Å². The zero-order valence-electron chi connectivity index (χ0n) is 8.02. The Hall–Kier alpha value is -0.720. The molecule has 1 aromatic carbocycles. The number of nitrogens with zero attached hydrogens (tertiary/aromatic N) is 2. The minimum Gasteiger partial charge on any atom is -0.271 e. The summed E-state index contributed by atoms with van der Waals surface area (Å²) in [4.78, 5) is 0. The standard InChI is InChI=1S/C9H8Cl2N4S/c10-6-3-1-2-5(8(6)11)9(14-12)7-4-13-16-15-7/h1-4,9,14H,12H2. The summed E-state index contributed by atoms with van der Waals surface area (Å²) < 4.78 is 8.05. The molecule has 0 aliphatic rings. The number of hydrogen-bond acceptors (Lipinski definition) is 5. The molecule has 4 nitrogen and oxygen atoms in total. The number of hydrogen-bond donors (Lipinski definition) is 2. The number of halogens is 2. The van der Waals surface area contributed by atoms with Crippen molar-refractivity contribution in [2.45, 2.75) is 6.04 Å². The molecule has 0 bridgehead atoms. The molecule has 0 saturated carbocycles. The average Bonchev–Trinajstić information content (AvgIpc) is 2.79. The lowest BCUT2D eigenvalue weighted by Crippen LogP contribution is -2.29. The quantitative estimate of drug-likeness (QED) is 0.667. The van der Waals surface area contributed by atoms with Gasteiger partial charge in [0, 0.05) is 0 Å². The summed E-state index contributed by atoms with van der Waals surface area (Å²) in [5.41, 5.74) is 4.15. The fourth-order valence-corrected chi connectivity index (χ4v) is 2.24. The second-order valence-electron chi connectivity index (χ2n) is 3.08. The Morgan fingerprint density at radius 3 is 2.81 bits per heavy atom. The van der Waals surface area contributed by atoms with Crippen LogP contribution in [0.4, 0.5) is 0 Å². The number of nitrogens with two attached hydrogens (primary N) is 1. The Morgan fingerprint density at radius 1 is 1.38 bits per heavy atom. The van der Waals surface area contributed by atoms with E-state index in [1.807, 2.05) is 12.1 Å². The summed E-state index contributed by atoms with van der Waals surface area (Å²) in [5.74, 6) is 5.50. The van der Waals surface area contributed by atoms with Crippen LogP contribution >= 0.6 is 34.9 Å². The molecule has 0 spiro atoms. The van der Waals surface area contributed by atoms with E-state index in [1.165, 1.54) is 0 Å². The van der Waals surface area contributed by atoms with Gasteiger partial charge in [-0.3, -0.25) is 5.84 Å². The molecule has 0 saturated heterocycles. The molecular weight excluding hydrogens is 267 g/mol. The summed E-state index contributed by atoms with van der Waals surface area (Å²) in [5, 5.41) is 0.961. The minimum atomic E-state index is -0.301. The summed E-state index contributed by atoms with van der Waals surface area (Å²) in [6, 6.07) is 5.08. The molecule has 0 aliphatic heterocycles. The SMILES string of the molecule is NNC(c1cnsn1)c1cccc(Cl)c1Cl. The first-order valence-corrected chi connectivity index (χ1v) is 5.90. The van der Waals surface area contributed by atoms with Crippen molar-refractivity contribution in [1.82, 2.24) is 14.2 Å². The van der Waals surface area contributed by atoms with Gasteiger partial charge in [-0.2, -0.15) is 8.75 Å². The molecule has 1 heterocycles. The normalized spacial score (nSPS) is 12.7. The first kappa shape index (κ1) is 11.8. The second-order valence-corrected chi connectivity index (χ2v) is 4.42. The maximum Gasteiger partial charge on any atom is 0.0971 e. The maximum absolute atomic E-state index is 6.11. The highest BCUT2D eigenvalue weighted by Gasteiger charge is 2.19.